The van der Waals surface area contributed by atoms with E-state index in [1.54, 1.807) is 41.2 Å². The molecule has 2 amide bonds. The van der Waals surface area contributed by atoms with Crippen molar-refractivity contribution < 1.29 is 9.59 Å². The number of hydrogen-bond acceptors (Lipinski definition) is 3. The van der Waals surface area contributed by atoms with Gasteiger partial charge in [0.2, 0.25) is 5.91 Å². The molecule has 0 atom stereocenters. The molecule has 0 saturated carbocycles. The maximum Gasteiger partial charge on any atom is 0.271 e. The van der Waals surface area contributed by atoms with E-state index in [1.807, 2.05) is 30.3 Å². The predicted octanol–water partition coefficient (Wildman–Crippen LogP) is 1.89. The molecule has 0 fully saturated rings. The minimum absolute atomic E-state index is 0.0880. The van der Waals surface area contributed by atoms with Crippen LogP contribution in [-0.4, -0.2) is 22.6 Å². The van der Waals surface area contributed by atoms with Gasteiger partial charge in [-0.2, -0.15) is 5.10 Å². The lowest BCUT2D eigenvalue weighted by Crippen LogP contribution is -2.18. The van der Waals surface area contributed by atoms with Crippen molar-refractivity contribution >= 4 is 28.9 Å². The lowest BCUT2D eigenvalue weighted by molar-refractivity contribution is -0.118. The molecule has 0 aliphatic carbocycles. The highest BCUT2D eigenvalue weighted by atomic mass is 16.2. The van der Waals surface area contributed by atoms with Crippen LogP contribution in [0.1, 0.15) is 15.9 Å². The number of amides is 2. The van der Waals surface area contributed by atoms with E-state index >= 15 is 0 Å². The fourth-order valence-electron chi connectivity index (χ4n) is 2.49. The number of nitrogens with zero attached hydrogens (tertiary/aromatic N) is 2. The Morgan fingerprint density at radius 3 is 2.54 bits per heavy atom. The van der Waals surface area contributed by atoms with Gasteiger partial charge in [0.05, 0.1) is 6.21 Å². The van der Waals surface area contributed by atoms with Crippen LogP contribution in [0.4, 0.5) is 0 Å². The largest absolute Gasteiger partial charge is 0.368 e. The van der Waals surface area contributed by atoms with E-state index in [1.165, 1.54) is 0 Å². The van der Waals surface area contributed by atoms with Crippen molar-refractivity contribution in [1.29, 1.82) is 0 Å². The molecule has 0 saturated heterocycles. The van der Waals surface area contributed by atoms with Gasteiger partial charge in [-0.1, -0.05) is 36.4 Å². The van der Waals surface area contributed by atoms with Gasteiger partial charge in [0.1, 0.15) is 6.54 Å². The van der Waals surface area contributed by atoms with Crippen LogP contribution in [0, 0.1) is 0 Å². The predicted molar refractivity (Wildman–Crippen MR) is 92.6 cm³/mol. The molecular weight excluding hydrogens is 304 g/mol. The van der Waals surface area contributed by atoms with Gasteiger partial charge in [0.15, 0.2) is 0 Å². The molecule has 3 aromatic rings. The Hall–Kier alpha value is -3.41. The number of primary amides is 1. The summed E-state index contributed by atoms with van der Waals surface area (Å²) in [6.45, 7) is 0.0880. The Balaban J connectivity index is 1.82. The van der Waals surface area contributed by atoms with Crippen LogP contribution in [0.5, 0.6) is 0 Å². The van der Waals surface area contributed by atoms with Crippen LogP contribution in [0.15, 0.2) is 65.9 Å². The van der Waals surface area contributed by atoms with Gasteiger partial charge < -0.3 is 10.3 Å². The number of rotatable bonds is 5. The SMILES string of the molecule is NC(=O)Cn1cc(C=NNC(=O)c2ccccc2)c2ccccc21. The summed E-state index contributed by atoms with van der Waals surface area (Å²) in [5.74, 6) is -0.704. The molecule has 0 unspecified atom stereocenters. The molecule has 3 N–H and O–H groups in total. The maximum atomic E-state index is 12.0. The van der Waals surface area contributed by atoms with Crippen LogP contribution in [0.2, 0.25) is 0 Å². The molecule has 120 valence electrons. The summed E-state index contributed by atoms with van der Waals surface area (Å²) >= 11 is 0. The molecule has 6 heteroatoms. The summed E-state index contributed by atoms with van der Waals surface area (Å²) in [4.78, 5) is 23.2. The van der Waals surface area contributed by atoms with E-state index in [4.69, 9.17) is 5.73 Å². The first-order valence-corrected chi connectivity index (χ1v) is 7.40. The van der Waals surface area contributed by atoms with Gasteiger partial charge in [0, 0.05) is 28.2 Å². The molecule has 24 heavy (non-hydrogen) atoms. The summed E-state index contributed by atoms with van der Waals surface area (Å²) in [5, 5.41) is 4.93. The molecule has 1 heterocycles. The van der Waals surface area contributed by atoms with Gasteiger partial charge in [-0.3, -0.25) is 9.59 Å². The van der Waals surface area contributed by atoms with E-state index in [0.29, 0.717) is 5.56 Å². The number of para-hydroxylation sites is 1. The third-order valence-electron chi connectivity index (χ3n) is 3.55. The molecule has 0 bridgehead atoms. The molecular formula is C18H16N4O2. The number of hydrogen-bond donors (Lipinski definition) is 2. The van der Waals surface area contributed by atoms with Gasteiger partial charge in [0.25, 0.3) is 5.91 Å². The van der Waals surface area contributed by atoms with Crippen molar-refractivity contribution in [1.82, 2.24) is 9.99 Å². The zero-order valence-corrected chi connectivity index (χ0v) is 12.8. The number of nitrogens with two attached hydrogens (primary N) is 1. The third kappa shape index (κ3) is 3.33. The van der Waals surface area contributed by atoms with Crippen LogP contribution in [0.3, 0.4) is 0 Å². The minimum atomic E-state index is -0.420. The quantitative estimate of drug-likeness (QED) is 0.555. The normalized spacial score (nSPS) is 11.0. The summed E-state index contributed by atoms with van der Waals surface area (Å²) < 4.78 is 1.76. The fourth-order valence-corrected chi connectivity index (χ4v) is 2.49. The molecule has 3 rings (SSSR count). The number of carbonyl (C=O) groups excluding carboxylic acids is 2. The van der Waals surface area contributed by atoms with Gasteiger partial charge in [-0.25, -0.2) is 5.43 Å². The average molecular weight is 320 g/mol. The summed E-state index contributed by atoms with van der Waals surface area (Å²) in [6.07, 6.45) is 3.34. The lowest BCUT2D eigenvalue weighted by atomic mass is 10.2. The van der Waals surface area contributed by atoms with E-state index < -0.39 is 5.91 Å². The monoisotopic (exact) mass is 320 g/mol. The summed E-state index contributed by atoms with van der Waals surface area (Å²) in [7, 11) is 0. The topological polar surface area (TPSA) is 89.5 Å². The Morgan fingerprint density at radius 2 is 1.79 bits per heavy atom. The number of benzene rings is 2. The van der Waals surface area contributed by atoms with Crippen molar-refractivity contribution in [2.75, 3.05) is 0 Å². The third-order valence-corrected chi connectivity index (χ3v) is 3.55. The minimum Gasteiger partial charge on any atom is -0.368 e. The Bertz CT molecular complexity index is 913. The zero-order valence-electron chi connectivity index (χ0n) is 12.8. The van der Waals surface area contributed by atoms with E-state index in [-0.39, 0.29) is 12.5 Å². The molecule has 0 aliphatic heterocycles. The summed E-state index contributed by atoms with van der Waals surface area (Å²) in [5.41, 5.74) is 9.98. The van der Waals surface area contributed by atoms with Crippen molar-refractivity contribution in [2.45, 2.75) is 6.54 Å². The highest BCUT2D eigenvalue weighted by Crippen LogP contribution is 2.19. The number of hydrazone groups is 1. The van der Waals surface area contributed by atoms with E-state index in [9.17, 15) is 9.59 Å². The molecule has 0 radical (unpaired) electrons. The molecule has 0 spiro atoms. The first-order valence-electron chi connectivity index (χ1n) is 7.40. The van der Waals surface area contributed by atoms with Gasteiger partial charge in [-0.05, 0) is 18.2 Å². The Kier molecular flexibility index (Phi) is 4.38. The number of nitrogens with one attached hydrogen (secondary N) is 1. The maximum absolute atomic E-state index is 12.0. The highest BCUT2D eigenvalue weighted by Gasteiger charge is 2.08. The number of carbonyl (C=O) groups is 2. The standard InChI is InChI=1S/C18H16N4O2/c19-17(23)12-22-11-14(15-8-4-5-9-16(15)22)10-20-21-18(24)13-6-2-1-3-7-13/h1-11H,12H2,(H2,19,23)(H,21,24). The highest BCUT2D eigenvalue weighted by molar-refractivity contribution is 6.01. The fraction of sp³-hybridized carbons (Fsp3) is 0.0556. The molecule has 6 nitrogen and oxygen atoms in total. The average Bonchev–Trinajstić information content (AvgIpc) is 2.93. The second-order valence-corrected chi connectivity index (χ2v) is 5.26. The molecule has 1 aromatic heterocycles. The Morgan fingerprint density at radius 1 is 1.08 bits per heavy atom. The van der Waals surface area contributed by atoms with Gasteiger partial charge >= 0.3 is 0 Å². The number of aromatic nitrogens is 1. The van der Waals surface area contributed by atoms with Crippen LogP contribution in [0.25, 0.3) is 10.9 Å². The van der Waals surface area contributed by atoms with Crippen molar-refractivity contribution in [2.24, 2.45) is 10.8 Å². The van der Waals surface area contributed by atoms with Crippen LogP contribution in [-0.2, 0) is 11.3 Å². The van der Waals surface area contributed by atoms with Gasteiger partial charge in [-0.15, -0.1) is 0 Å². The van der Waals surface area contributed by atoms with E-state index in [2.05, 4.69) is 10.5 Å². The zero-order chi connectivity index (χ0) is 16.9. The molecule has 0 aliphatic rings. The second kappa shape index (κ2) is 6.78. The first kappa shape index (κ1) is 15.5. The second-order valence-electron chi connectivity index (χ2n) is 5.26. The van der Waals surface area contributed by atoms with Crippen LogP contribution >= 0.6 is 0 Å². The smallest absolute Gasteiger partial charge is 0.271 e. The molecule has 2 aromatic carbocycles. The summed E-state index contributed by atoms with van der Waals surface area (Å²) in [6, 6.07) is 16.5. The number of fused-ring (bicyclic) bond motifs is 1. The van der Waals surface area contributed by atoms with E-state index in [0.717, 1.165) is 16.5 Å². The lowest BCUT2D eigenvalue weighted by Gasteiger charge is -2.00. The Labute approximate surface area is 138 Å². The van der Waals surface area contributed by atoms with Crippen molar-refractivity contribution in [3.8, 4) is 0 Å². The first-order chi connectivity index (χ1) is 11.6. The van der Waals surface area contributed by atoms with Crippen LogP contribution < -0.4 is 11.2 Å². The van der Waals surface area contributed by atoms with Crippen molar-refractivity contribution in [3.63, 3.8) is 0 Å². The van der Waals surface area contributed by atoms with Crippen molar-refractivity contribution in [3.05, 3.63) is 71.9 Å².